The molecule has 38 heavy (non-hydrogen) atoms. The van der Waals surface area contributed by atoms with E-state index in [-0.39, 0.29) is 22.9 Å². The Kier molecular flexibility index (Phi) is 7.22. The molecule has 0 fully saturated rings. The summed E-state index contributed by atoms with van der Waals surface area (Å²) in [6.07, 6.45) is 0.801. The summed E-state index contributed by atoms with van der Waals surface area (Å²) in [6, 6.07) is 30.7. The SMILES string of the molecule is O=c1oc(Cc2cccc(F)c2)cc2ccccc12.O=c1oc(Cc2cccc(F)c2)cc2ccccc12. The molecule has 6 aromatic rings. The third kappa shape index (κ3) is 5.93. The third-order valence-corrected chi connectivity index (χ3v) is 5.98. The van der Waals surface area contributed by atoms with E-state index in [0.29, 0.717) is 35.1 Å². The summed E-state index contributed by atoms with van der Waals surface area (Å²) in [7, 11) is 0. The minimum atomic E-state index is -0.357. The van der Waals surface area contributed by atoms with E-state index in [4.69, 9.17) is 8.83 Å². The van der Waals surface area contributed by atoms with Crippen LogP contribution in [0.5, 0.6) is 0 Å². The van der Waals surface area contributed by atoms with Crippen LogP contribution in [0.15, 0.2) is 128 Å². The first kappa shape index (κ1) is 24.8. The molecule has 2 heterocycles. The molecule has 0 saturated heterocycles. The molecule has 2 aromatic heterocycles. The normalized spacial score (nSPS) is 10.8. The molecule has 0 saturated carbocycles. The van der Waals surface area contributed by atoms with Crippen molar-refractivity contribution in [2.24, 2.45) is 0 Å². The second-order valence-electron chi connectivity index (χ2n) is 8.79. The zero-order valence-corrected chi connectivity index (χ0v) is 20.2. The van der Waals surface area contributed by atoms with Crippen molar-refractivity contribution in [2.75, 3.05) is 0 Å². The van der Waals surface area contributed by atoms with Crippen molar-refractivity contribution >= 4 is 21.5 Å². The predicted molar refractivity (Wildman–Crippen MR) is 143 cm³/mol. The summed E-state index contributed by atoms with van der Waals surface area (Å²) in [5, 5.41) is 2.80. The van der Waals surface area contributed by atoms with Gasteiger partial charge in [-0.05, 0) is 70.4 Å². The van der Waals surface area contributed by atoms with Gasteiger partial charge in [0.2, 0.25) is 0 Å². The van der Waals surface area contributed by atoms with Crippen molar-refractivity contribution in [1.29, 1.82) is 0 Å². The maximum atomic E-state index is 13.1. The number of rotatable bonds is 4. The molecule has 4 aromatic carbocycles. The van der Waals surface area contributed by atoms with Crippen LogP contribution in [0.3, 0.4) is 0 Å². The largest absolute Gasteiger partial charge is 0.427 e. The molecule has 0 spiro atoms. The lowest BCUT2D eigenvalue weighted by Crippen LogP contribution is -2.02. The minimum absolute atomic E-state index is 0.291. The summed E-state index contributed by atoms with van der Waals surface area (Å²) in [5.41, 5.74) is 0.839. The van der Waals surface area contributed by atoms with Gasteiger partial charge in [-0.25, -0.2) is 18.4 Å². The standard InChI is InChI=1S/2C16H11FO2/c2*17-13-6-3-4-11(8-13)9-14-10-12-5-1-2-7-15(12)16(18)19-14/h2*1-8,10H,9H2. The fraction of sp³-hybridized carbons (Fsp3) is 0.0625. The van der Waals surface area contributed by atoms with Crippen molar-refractivity contribution in [3.8, 4) is 0 Å². The van der Waals surface area contributed by atoms with E-state index >= 15 is 0 Å². The minimum Gasteiger partial charge on any atom is -0.427 e. The number of benzene rings is 4. The summed E-state index contributed by atoms with van der Waals surface area (Å²) < 4.78 is 36.7. The van der Waals surface area contributed by atoms with E-state index in [1.54, 1.807) is 48.5 Å². The summed E-state index contributed by atoms with van der Waals surface area (Å²) in [6.45, 7) is 0. The van der Waals surface area contributed by atoms with Crippen LogP contribution in [-0.4, -0.2) is 0 Å². The van der Waals surface area contributed by atoms with Gasteiger partial charge in [0, 0.05) is 12.8 Å². The molecular weight excluding hydrogens is 486 g/mol. The lowest BCUT2D eigenvalue weighted by molar-refractivity contribution is 0.476. The van der Waals surface area contributed by atoms with Gasteiger partial charge in [-0.1, -0.05) is 60.7 Å². The van der Waals surface area contributed by atoms with Crippen LogP contribution in [0.1, 0.15) is 22.6 Å². The second-order valence-corrected chi connectivity index (χ2v) is 8.79. The molecule has 0 aliphatic heterocycles. The van der Waals surface area contributed by atoms with Crippen LogP contribution in [0, 0.1) is 11.6 Å². The van der Waals surface area contributed by atoms with E-state index in [1.165, 1.54) is 24.3 Å². The fourth-order valence-electron chi connectivity index (χ4n) is 4.24. The highest BCUT2D eigenvalue weighted by Gasteiger charge is 2.07. The van der Waals surface area contributed by atoms with E-state index in [0.717, 1.165) is 21.9 Å². The van der Waals surface area contributed by atoms with E-state index < -0.39 is 0 Å². The van der Waals surface area contributed by atoms with Gasteiger partial charge in [-0.2, -0.15) is 0 Å². The molecular formula is C32H22F2O4. The lowest BCUT2D eigenvalue weighted by atomic mass is 10.1. The molecule has 0 bridgehead atoms. The maximum absolute atomic E-state index is 13.1. The molecule has 4 nitrogen and oxygen atoms in total. The Labute approximate surface area is 216 Å². The summed E-state index contributed by atoms with van der Waals surface area (Å²) in [5.74, 6) is 0.491. The zero-order chi connectivity index (χ0) is 26.5. The molecule has 0 amide bonds. The lowest BCUT2D eigenvalue weighted by Gasteiger charge is -2.03. The molecule has 0 aliphatic rings. The van der Waals surface area contributed by atoms with Gasteiger partial charge >= 0.3 is 11.3 Å². The van der Waals surface area contributed by atoms with Gasteiger partial charge in [0.05, 0.1) is 10.8 Å². The topological polar surface area (TPSA) is 60.4 Å². The average Bonchev–Trinajstić information content (AvgIpc) is 2.89. The van der Waals surface area contributed by atoms with Gasteiger partial charge in [0.25, 0.3) is 0 Å². The Morgan fingerprint density at radius 1 is 0.500 bits per heavy atom. The molecule has 0 radical (unpaired) electrons. The molecule has 6 heteroatoms. The highest BCUT2D eigenvalue weighted by atomic mass is 19.1. The first-order valence-corrected chi connectivity index (χ1v) is 12.0. The summed E-state index contributed by atoms with van der Waals surface area (Å²) in [4.78, 5) is 23.6. The molecule has 6 rings (SSSR count). The Hall–Kier alpha value is -4.84. The number of fused-ring (bicyclic) bond motifs is 2. The van der Waals surface area contributed by atoms with Crippen LogP contribution in [0.4, 0.5) is 8.78 Å². The molecule has 0 aliphatic carbocycles. The highest BCUT2D eigenvalue weighted by molar-refractivity contribution is 5.81. The number of hydrogen-bond acceptors (Lipinski definition) is 4. The van der Waals surface area contributed by atoms with E-state index in [9.17, 15) is 18.4 Å². The van der Waals surface area contributed by atoms with E-state index in [2.05, 4.69) is 0 Å². The molecule has 0 atom stereocenters. The van der Waals surface area contributed by atoms with Gasteiger partial charge in [-0.15, -0.1) is 0 Å². The smallest absolute Gasteiger partial charge is 0.343 e. The van der Waals surface area contributed by atoms with Crippen molar-refractivity contribution in [2.45, 2.75) is 12.8 Å². The van der Waals surface area contributed by atoms with Crippen LogP contribution in [-0.2, 0) is 12.8 Å². The van der Waals surface area contributed by atoms with Crippen LogP contribution in [0.2, 0.25) is 0 Å². The molecule has 188 valence electrons. The van der Waals surface area contributed by atoms with Crippen molar-refractivity contribution in [1.82, 2.24) is 0 Å². The summed E-state index contributed by atoms with van der Waals surface area (Å²) >= 11 is 0. The van der Waals surface area contributed by atoms with Gasteiger partial charge in [0.1, 0.15) is 23.2 Å². The van der Waals surface area contributed by atoms with Gasteiger partial charge < -0.3 is 8.83 Å². The van der Waals surface area contributed by atoms with E-state index in [1.807, 2.05) is 36.4 Å². The molecule has 0 N–H and O–H groups in total. The van der Waals surface area contributed by atoms with Crippen molar-refractivity contribution in [3.05, 3.63) is 164 Å². The predicted octanol–water partition coefficient (Wildman–Crippen LogP) is 7.05. The zero-order valence-electron chi connectivity index (χ0n) is 20.2. The number of halogens is 2. The Morgan fingerprint density at radius 3 is 1.34 bits per heavy atom. The second kappa shape index (κ2) is 11.0. The fourth-order valence-corrected chi connectivity index (χ4v) is 4.24. The third-order valence-electron chi connectivity index (χ3n) is 5.98. The Balaban J connectivity index is 0.000000155. The first-order valence-electron chi connectivity index (χ1n) is 12.0. The average molecular weight is 509 g/mol. The Morgan fingerprint density at radius 2 is 0.921 bits per heavy atom. The number of hydrogen-bond donors (Lipinski definition) is 0. The highest BCUT2D eigenvalue weighted by Crippen LogP contribution is 2.17. The quantitative estimate of drug-likeness (QED) is 0.256. The van der Waals surface area contributed by atoms with Gasteiger partial charge in [0.15, 0.2) is 0 Å². The Bertz CT molecular complexity index is 1720. The van der Waals surface area contributed by atoms with Gasteiger partial charge in [-0.3, -0.25) is 0 Å². The van der Waals surface area contributed by atoms with Crippen LogP contribution < -0.4 is 11.3 Å². The van der Waals surface area contributed by atoms with Crippen molar-refractivity contribution < 1.29 is 17.6 Å². The van der Waals surface area contributed by atoms with Crippen LogP contribution in [0.25, 0.3) is 21.5 Å². The maximum Gasteiger partial charge on any atom is 0.343 e. The monoisotopic (exact) mass is 508 g/mol. The first-order chi connectivity index (χ1) is 18.4. The molecule has 0 unspecified atom stereocenters. The van der Waals surface area contributed by atoms with Crippen molar-refractivity contribution in [3.63, 3.8) is 0 Å². The van der Waals surface area contributed by atoms with Crippen LogP contribution >= 0.6 is 0 Å².